The predicted molar refractivity (Wildman–Crippen MR) is 60.0 cm³/mol. The second kappa shape index (κ2) is 5.08. The first kappa shape index (κ1) is 12.4. The van der Waals surface area contributed by atoms with Crippen LogP contribution in [0.1, 0.15) is 5.56 Å². The Morgan fingerprint density at radius 2 is 1.33 bits per heavy atom. The average Bonchev–Trinajstić information content (AvgIpc) is 2.33. The molecular formula is C13H9F4N. The third-order valence-electron chi connectivity index (χ3n) is 2.47. The van der Waals surface area contributed by atoms with Crippen LogP contribution in [0.15, 0.2) is 36.4 Å². The minimum Gasteiger partial charge on any atom is -0.378 e. The SMILES string of the molecule is Fc1cccc(NCc2c(F)cccc2F)c1F. The Hall–Kier alpha value is -2.04. The lowest BCUT2D eigenvalue weighted by Crippen LogP contribution is -2.06. The van der Waals surface area contributed by atoms with E-state index < -0.39 is 23.3 Å². The zero-order chi connectivity index (χ0) is 13.1. The molecule has 2 aromatic rings. The number of hydrogen-bond acceptors (Lipinski definition) is 1. The Kier molecular flexibility index (Phi) is 3.50. The normalized spacial score (nSPS) is 10.4. The summed E-state index contributed by atoms with van der Waals surface area (Å²) in [7, 11) is 0. The zero-order valence-electron chi connectivity index (χ0n) is 9.18. The molecule has 0 saturated carbocycles. The van der Waals surface area contributed by atoms with Crippen molar-refractivity contribution < 1.29 is 17.6 Å². The van der Waals surface area contributed by atoms with Gasteiger partial charge in [-0.05, 0) is 24.3 Å². The molecule has 0 aliphatic carbocycles. The molecule has 0 radical (unpaired) electrons. The van der Waals surface area contributed by atoms with Gasteiger partial charge in [-0.1, -0.05) is 12.1 Å². The van der Waals surface area contributed by atoms with Gasteiger partial charge in [0.1, 0.15) is 11.6 Å². The molecule has 0 unspecified atom stereocenters. The Morgan fingerprint density at radius 1 is 0.778 bits per heavy atom. The molecule has 5 heteroatoms. The van der Waals surface area contributed by atoms with Crippen LogP contribution in [0.3, 0.4) is 0 Å². The molecule has 0 bridgehead atoms. The van der Waals surface area contributed by atoms with Crippen molar-refractivity contribution in [2.24, 2.45) is 0 Å². The minimum absolute atomic E-state index is 0.141. The molecule has 0 atom stereocenters. The van der Waals surface area contributed by atoms with E-state index >= 15 is 0 Å². The van der Waals surface area contributed by atoms with Gasteiger partial charge >= 0.3 is 0 Å². The molecule has 94 valence electrons. The van der Waals surface area contributed by atoms with Crippen molar-refractivity contribution in [2.75, 3.05) is 5.32 Å². The first-order valence-corrected chi connectivity index (χ1v) is 5.20. The second-order valence-electron chi connectivity index (χ2n) is 3.66. The molecule has 0 aliphatic rings. The average molecular weight is 255 g/mol. The standard InChI is InChI=1S/C13H9F4N/c14-9-3-1-4-10(15)8(9)7-18-12-6-2-5-11(16)13(12)17/h1-6,18H,7H2. The van der Waals surface area contributed by atoms with Gasteiger partial charge in [0.05, 0.1) is 5.69 Å². The van der Waals surface area contributed by atoms with Crippen molar-refractivity contribution in [1.29, 1.82) is 0 Å². The molecule has 0 heterocycles. The van der Waals surface area contributed by atoms with E-state index in [1.54, 1.807) is 0 Å². The van der Waals surface area contributed by atoms with Gasteiger partial charge in [-0.2, -0.15) is 0 Å². The third kappa shape index (κ3) is 2.45. The van der Waals surface area contributed by atoms with Crippen LogP contribution in [0.2, 0.25) is 0 Å². The number of benzene rings is 2. The van der Waals surface area contributed by atoms with E-state index in [0.29, 0.717) is 0 Å². The molecule has 2 rings (SSSR count). The fraction of sp³-hybridized carbons (Fsp3) is 0.0769. The highest BCUT2D eigenvalue weighted by atomic mass is 19.2. The monoisotopic (exact) mass is 255 g/mol. The number of halogens is 4. The first-order chi connectivity index (χ1) is 8.59. The Morgan fingerprint density at radius 3 is 2.00 bits per heavy atom. The fourth-order valence-electron chi connectivity index (χ4n) is 1.53. The zero-order valence-corrected chi connectivity index (χ0v) is 9.18. The lowest BCUT2D eigenvalue weighted by atomic mass is 10.2. The van der Waals surface area contributed by atoms with Crippen molar-refractivity contribution in [3.05, 3.63) is 65.2 Å². The maximum atomic E-state index is 13.3. The summed E-state index contributed by atoms with van der Waals surface area (Å²) in [5.41, 5.74) is -0.362. The number of hydrogen-bond donors (Lipinski definition) is 1. The van der Waals surface area contributed by atoms with Gasteiger partial charge in [-0.3, -0.25) is 0 Å². The molecule has 1 nitrogen and oxygen atoms in total. The molecule has 0 spiro atoms. The molecule has 2 aromatic carbocycles. The fourth-order valence-corrected chi connectivity index (χ4v) is 1.53. The topological polar surface area (TPSA) is 12.0 Å². The highest BCUT2D eigenvalue weighted by molar-refractivity contribution is 5.45. The highest BCUT2D eigenvalue weighted by Gasteiger charge is 2.11. The van der Waals surface area contributed by atoms with Crippen molar-refractivity contribution in [3.8, 4) is 0 Å². The molecule has 0 amide bonds. The van der Waals surface area contributed by atoms with Crippen molar-refractivity contribution in [2.45, 2.75) is 6.54 Å². The van der Waals surface area contributed by atoms with Crippen LogP contribution in [0.4, 0.5) is 23.2 Å². The molecular weight excluding hydrogens is 246 g/mol. The van der Waals surface area contributed by atoms with E-state index in [2.05, 4.69) is 5.32 Å². The van der Waals surface area contributed by atoms with Crippen LogP contribution in [-0.4, -0.2) is 0 Å². The summed E-state index contributed by atoms with van der Waals surface area (Å²) in [5.74, 6) is -3.57. The van der Waals surface area contributed by atoms with E-state index in [0.717, 1.165) is 18.2 Å². The molecule has 0 saturated heterocycles. The molecule has 18 heavy (non-hydrogen) atoms. The van der Waals surface area contributed by atoms with E-state index in [1.807, 2.05) is 0 Å². The van der Waals surface area contributed by atoms with Gasteiger partial charge in [-0.25, -0.2) is 17.6 Å². The quantitative estimate of drug-likeness (QED) is 0.821. The van der Waals surface area contributed by atoms with Gasteiger partial charge in [0.2, 0.25) is 0 Å². The largest absolute Gasteiger partial charge is 0.378 e. The summed E-state index contributed by atoms with van der Waals surface area (Å²) >= 11 is 0. The predicted octanol–water partition coefficient (Wildman–Crippen LogP) is 3.86. The summed E-state index contributed by atoms with van der Waals surface area (Å²) in [6, 6.07) is 6.99. The van der Waals surface area contributed by atoms with Crippen LogP contribution >= 0.6 is 0 Å². The van der Waals surface area contributed by atoms with Gasteiger partial charge in [0.15, 0.2) is 11.6 Å². The first-order valence-electron chi connectivity index (χ1n) is 5.20. The molecule has 1 N–H and O–H groups in total. The maximum absolute atomic E-state index is 13.3. The lowest BCUT2D eigenvalue weighted by Gasteiger charge is -2.09. The van der Waals surface area contributed by atoms with Crippen LogP contribution in [0.5, 0.6) is 0 Å². The van der Waals surface area contributed by atoms with E-state index in [1.165, 1.54) is 18.2 Å². The highest BCUT2D eigenvalue weighted by Crippen LogP contribution is 2.19. The third-order valence-corrected chi connectivity index (χ3v) is 2.47. The molecule has 0 fully saturated rings. The van der Waals surface area contributed by atoms with Crippen LogP contribution in [0, 0.1) is 23.3 Å². The summed E-state index contributed by atoms with van der Waals surface area (Å²) in [6.45, 7) is -0.265. The van der Waals surface area contributed by atoms with Crippen molar-refractivity contribution in [3.63, 3.8) is 0 Å². The van der Waals surface area contributed by atoms with Crippen LogP contribution in [0.25, 0.3) is 0 Å². The summed E-state index contributed by atoms with van der Waals surface area (Å²) in [5, 5.41) is 2.46. The van der Waals surface area contributed by atoms with E-state index in [4.69, 9.17) is 0 Å². The lowest BCUT2D eigenvalue weighted by molar-refractivity contribution is 0.510. The van der Waals surface area contributed by atoms with Gasteiger partial charge in [0, 0.05) is 12.1 Å². The molecule has 0 aromatic heterocycles. The summed E-state index contributed by atoms with van der Waals surface area (Å²) in [4.78, 5) is 0. The summed E-state index contributed by atoms with van der Waals surface area (Å²) in [6.07, 6.45) is 0. The second-order valence-corrected chi connectivity index (χ2v) is 3.66. The van der Waals surface area contributed by atoms with Crippen molar-refractivity contribution >= 4 is 5.69 Å². The van der Waals surface area contributed by atoms with E-state index in [9.17, 15) is 17.6 Å². The van der Waals surface area contributed by atoms with Gasteiger partial charge < -0.3 is 5.32 Å². The van der Waals surface area contributed by atoms with E-state index in [-0.39, 0.29) is 17.8 Å². The molecule has 0 aliphatic heterocycles. The van der Waals surface area contributed by atoms with Crippen LogP contribution in [-0.2, 0) is 6.54 Å². The Bertz CT molecular complexity index is 549. The minimum atomic E-state index is -1.07. The summed E-state index contributed by atoms with van der Waals surface area (Å²) < 4.78 is 52.8. The van der Waals surface area contributed by atoms with Gasteiger partial charge in [0.25, 0.3) is 0 Å². The van der Waals surface area contributed by atoms with Crippen LogP contribution < -0.4 is 5.32 Å². The number of anilines is 1. The van der Waals surface area contributed by atoms with Crippen molar-refractivity contribution in [1.82, 2.24) is 0 Å². The number of rotatable bonds is 3. The maximum Gasteiger partial charge on any atom is 0.181 e. The number of nitrogens with one attached hydrogen (secondary N) is 1. The smallest absolute Gasteiger partial charge is 0.181 e. The van der Waals surface area contributed by atoms with Gasteiger partial charge in [-0.15, -0.1) is 0 Å². The Labute approximate surface area is 101 Å². The Balaban J connectivity index is 2.19.